The van der Waals surface area contributed by atoms with Gasteiger partial charge in [0.05, 0.1) is 29.3 Å². The van der Waals surface area contributed by atoms with Gasteiger partial charge in [-0.1, -0.05) is 48.5 Å². The molecule has 0 unspecified atom stereocenters. The number of primary amides is 1. The number of ether oxygens (including phenoxy) is 1. The lowest BCUT2D eigenvalue weighted by Crippen LogP contribution is -2.33. The number of H-pyrrole nitrogens is 1. The highest BCUT2D eigenvalue weighted by atomic mass is 16.5. The SMILES string of the molecule is COc1cccc(C(N)=O)c1-c1ccc2c(=O)n(-c3cccc4ccccc34)c(=O)[nH]c2c1. The first-order valence-electron chi connectivity index (χ1n) is 10.2. The number of nitrogens with one attached hydrogen (secondary N) is 1. The molecule has 5 aromatic rings. The number of aromatic amines is 1. The molecule has 3 N–H and O–H groups in total. The van der Waals surface area contributed by atoms with E-state index in [0.29, 0.717) is 33.5 Å². The molecule has 0 aliphatic heterocycles. The predicted octanol–water partition coefficient (Wildman–Crippen LogP) is 3.61. The van der Waals surface area contributed by atoms with E-state index in [1.54, 1.807) is 42.5 Å². The fraction of sp³-hybridized carbons (Fsp3) is 0.0385. The van der Waals surface area contributed by atoms with Crippen molar-refractivity contribution in [3.05, 3.63) is 105 Å². The maximum absolute atomic E-state index is 13.4. The lowest BCUT2D eigenvalue weighted by Gasteiger charge is -2.14. The summed E-state index contributed by atoms with van der Waals surface area (Å²) in [7, 11) is 1.50. The molecule has 0 radical (unpaired) electrons. The molecule has 0 bridgehead atoms. The maximum atomic E-state index is 13.4. The van der Waals surface area contributed by atoms with Gasteiger partial charge in [-0.25, -0.2) is 9.36 Å². The molecule has 0 saturated carbocycles. The van der Waals surface area contributed by atoms with E-state index in [2.05, 4.69) is 4.98 Å². The van der Waals surface area contributed by atoms with Gasteiger partial charge in [0.1, 0.15) is 5.75 Å². The Morgan fingerprint density at radius 1 is 0.909 bits per heavy atom. The number of benzene rings is 4. The van der Waals surface area contributed by atoms with Crippen LogP contribution < -0.4 is 21.7 Å². The lowest BCUT2D eigenvalue weighted by atomic mass is 9.97. The van der Waals surface area contributed by atoms with E-state index in [9.17, 15) is 14.4 Å². The molecule has 0 aliphatic carbocycles. The lowest BCUT2D eigenvalue weighted by molar-refractivity contribution is 0.100. The van der Waals surface area contributed by atoms with Gasteiger partial charge in [-0.05, 0) is 41.3 Å². The van der Waals surface area contributed by atoms with Crippen LogP contribution in [0, 0.1) is 0 Å². The van der Waals surface area contributed by atoms with Crippen molar-refractivity contribution in [3.8, 4) is 22.6 Å². The second kappa shape index (κ2) is 7.80. The number of hydrogen-bond acceptors (Lipinski definition) is 4. The second-order valence-electron chi connectivity index (χ2n) is 7.58. The minimum Gasteiger partial charge on any atom is -0.496 e. The van der Waals surface area contributed by atoms with Crippen LogP contribution in [-0.4, -0.2) is 22.6 Å². The van der Waals surface area contributed by atoms with Gasteiger partial charge in [0.25, 0.3) is 5.56 Å². The third-order valence-electron chi connectivity index (χ3n) is 5.71. The zero-order valence-corrected chi connectivity index (χ0v) is 17.7. The van der Waals surface area contributed by atoms with Crippen LogP contribution in [0.5, 0.6) is 5.75 Å². The average molecular weight is 437 g/mol. The van der Waals surface area contributed by atoms with Gasteiger partial charge < -0.3 is 15.5 Å². The van der Waals surface area contributed by atoms with Gasteiger partial charge >= 0.3 is 5.69 Å². The molecule has 1 heterocycles. The number of fused-ring (bicyclic) bond motifs is 2. The molecule has 0 fully saturated rings. The Kier molecular flexibility index (Phi) is 4.79. The molecule has 0 spiro atoms. The van der Waals surface area contributed by atoms with Crippen molar-refractivity contribution in [1.29, 1.82) is 0 Å². The van der Waals surface area contributed by atoms with Crippen LogP contribution in [-0.2, 0) is 0 Å². The zero-order chi connectivity index (χ0) is 23.1. The Balaban J connectivity index is 1.77. The van der Waals surface area contributed by atoms with E-state index in [4.69, 9.17) is 10.5 Å². The summed E-state index contributed by atoms with van der Waals surface area (Å²) in [5, 5.41) is 2.05. The Morgan fingerprint density at radius 3 is 2.45 bits per heavy atom. The Morgan fingerprint density at radius 2 is 1.67 bits per heavy atom. The molecule has 4 aromatic carbocycles. The van der Waals surface area contributed by atoms with E-state index < -0.39 is 17.2 Å². The van der Waals surface area contributed by atoms with Crippen molar-refractivity contribution in [2.24, 2.45) is 5.73 Å². The quantitative estimate of drug-likeness (QED) is 0.448. The molecular formula is C26H19N3O4. The summed E-state index contributed by atoms with van der Waals surface area (Å²) in [6.45, 7) is 0. The standard InChI is InChI=1S/C26H19N3O4/c1-33-22-11-5-9-19(24(27)30)23(22)16-12-13-18-20(14-16)28-26(32)29(25(18)31)21-10-4-7-15-6-2-3-8-17(15)21/h2-14H,1H3,(H2,27,30)(H,28,32). The topological polar surface area (TPSA) is 107 Å². The van der Waals surface area contributed by atoms with Crippen molar-refractivity contribution in [3.63, 3.8) is 0 Å². The summed E-state index contributed by atoms with van der Waals surface area (Å²) in [5.74, 6) is -0.152. The van der Waals surface area contributed by atoms with Gasteiger partial charge in [-0.15, -0.1) is 0 Å². The summed E-state index contributed by atoms with van der Waals surface area (Å²) in [5.41, 5.74) is 6.78. The minimum atomic E-state index is -0.608. The maximum Gasteiger partial charge on any atom is 0.333 e. The van der Waals surface area contributed by atoms with Crippen LogP contribution in [0.2, 0.25) is 0 Å². The molecule has 162 valence electrons. The first kappa shape index (κ1) is 20.3. The second-order valence-corrected chi connectivity index (χ2v) is 7.58. The Hall–Kier alpha value is -4.65. The molecule has 7 nitrogen and oxygen atoms in total. The summed E-state index contributed by atoms with van der Waals surface area (Å²) >= 11 is 0. The number of methoxy groups -OCH3 is 1. The molecule has 0 aliphatic rings. The van der Waals surface area contributed by atoms with Crippen molar-refractivity contribution in [2.75, 3.05) is 7.11 Å². The molecule has 1 amide bonds. The van der Waals surface area contributed by atoms with Crippen LogP contribution in [0.25, 0.3) is 38.5 Å². The van der Waals surface area contributed by atoms with Gasteiger partial charge in [0.2, 0.25) is 5.91 Å². The fourth-order valence-electron chi connectivity index (χ4n) is 4.20. The monoisotopic (exact) mass is 437 g/mol. The number of nitrogens with two attached hydrogens (primary N) is 1. The van der Waals surface area contributed by atoms with Gasteiger partial charge in [-0.3, -0.25) is 9.59 Å². The van der Waals surface area contributed by atoms with E-state index in [-0.39, 0.29) is 5.56 Å². The van der Waals surface area contributed by atoms with E-state index in [1.165, 1.54) is 7.11 Å². The van der Waals surface area contributed by atoms with Gasteiger partial charge in [0, 0.05) is 10.9 Å². The van der Waals surface area contributed by atoms with Crippen LogP contribution in [0.4, 0.5) is 0 Å². The molecule has 0 atom stereocenters. The number of nitrogens with zero attached hydrogens (tertiary/aromatic N) is 1. The van der Waals surface area contributed by atoms with Gasteiger partial charge in [-0.2, -0.15) is 0 Å². The summed E-state index contributed by atoms with van der Waals surface area (Å²) in [6, 6.07) is 23.0. The van der Waals surface area contributed by atoms with Crippen LogP contribution in [0.1, 0.15) is 10.4 Å². The van der Waals surface area contributed by atoms with Crippen molar-refractivity contribution in [2.45, 2.75) is 0 Å². The Bertz CT molecular complexity index is 1680. The number of amides is 1. The first-order chi connectivity index (χ1) is 16.0. The minimum absolute atomic E-state index is 0.278. The number of carbonyl (C=O) groups excluding carboxylic acids is 1. The van der Waals surface area contributed by atoms with Crippen molar-refractivity contribution >= 4 is 27.6 Å². The third-order valence-corrected chi connectivity index (χ3v) is 5.71. The molecule has 0 saturated heterocycles. The van der Waals surface area contributed by atoms with E-state index >= 15 is 0 Å². The Labute approximate surface area is 187 Å². The highest BCUT2D eigenvalue weighted by molar-refractivity contribution is 6.02. The highest BCUT2D eigenvalue weighted by Crippen LogP contribution is 2.34. The summed E-state index contributed by atoms with van der Waals surface area (Å²) < 4.78 is 6.56. The largest absolute Gasteiger partial charge is 0.496 e. The molecule has 7 heteroatoms. The molecule has 5 rings (SSSR count). The normalized spacial score (nSPS) is 11.1. The molecule has 1 aromatic heterocycles. The van der Waals surface area contributed by atoms with E-state index in [1.807, 2.05) is 36.4 Å². The van der Waals surface area contributed by atoms with Gasteiger partial charge in [0.15, 0.2) is 0 Å². The zero-order valence-electron chi connectivity index (χ0n) is 17.7. The van der Waals surface area contributed by atoms with Crippen molar-refractivity contribution in [1.82, 2.24) is 9.55 Å². The van der Waals surface area contributed by atoms with E-state index in [0.717, 1.165) is 15.3 Å². The van der Waals surface area contributed by atoms with Crippen LogP contribution in [0.3, 0.4) is 0 Å². The molecule has 33 heavy (non-hydrogen) atoms. The van der Waals surface area contributed by atoms with Crippen LogP contribution in [0.15, 0.2) is 88.5 Å². The first-order valence-corrected chi connectivity index (χ1v) is 10.2. The number of carbonyl (C=O) groups is 1. The smallest absolute Gasteiger partial charge is 0.333 e. The fourth-order valence-corrected chi connectivity index (χ4v) is 4.20. The van der Waals surface area contributed by atoms with Crippen LogP contribution >= 0.6 is 0 Å². The van der Waals surface area contributed by atoms with Crippen molar-refractivity contribution < 1.29 is 9.53 Å². The summed E-state index contributed by atoms with van der Waals surface area (Å²) in [6.07, 6.45) is 0. The average Bonchev–Trinajstić information content (AvgIpc) is 2.83. The third kappa shape index (κ3) is 3.27. The molecular weight excluding hydrogens is 418 g/mol. The number of aromatic nitrogens is 2. The predicted molar refractivity (Wildman–Crippen MR) is 128 cm³/mol. The number of hydrogen-bond donors (Lipinski definition) is 2. The highest BCUT2D eigenvalue weighted by Gasteiger charge is 2.17. The number of rotatable bonds is 4. The summed E-state index contributed by atoms with van der Waals surface area (Å²) in [4.78, 5) is 41.2.